The Labute approximate surface area is 84.7 Å². The Hall–Kier alpha value is -1.06. The van der Waals surface area contributed by atoms with Crippen molar-refractivity contribution in [3.63, 3.8) is 0 Å². The molecule has 0 unspecified atom stereocenters. The average molecular weight is 195 g/mol. The first kappa shape index (κ1) is 11.0. The summed E-state index contributed by atoms with van der Waals surface area (Å²) < 4.78 is 5.52. The van der Waals surface area contributed by atoms with Crippen LogP contribution >= 0.6 is 0 Å². The van der Waals surface area contributed by atoms with Gasteiger partial charge in [-0.2, -0.15) is 0 Å². The summed E-state index contributed by atoms with van der Waals surface area (Å²) in [6, 6.07) is 7.68. The second kappa shape index (κ2) is 5.62. The minimum absolute atomic E-state index is 0.463. The van der Waals surface area contributed by atoms with Gasteiger partial charge < -0.3 is 9.94 Å². The molecule has 0 aromatic heterocycles. The van der Waals surface area contributed by atoms with Crippen LogP contribution in [0.4, 0.5) is 0 Å². The minimum Gasteiger partial charge on any atom is -0.493 e. The molecule has 0 saturated heterocycles. The van der Waals surface area contributed by atoms with Gasteiger partial charge in [0, 0.05) is 6.54 Å². The quantitative estimate of drug-likeness (QED) is 0.708. The number of rotatable bonds is 5. The minimum atomic E-state index is 0.463. The molecule has 0 saturated carbocycles. The first-order chi connectivity index (χ1) is 6.72. The van der Waals surface area contributed by atoms with Gasteiger partial charge in [-0.3, -0.25) is 0 Å². The third-order valence-electron chi connectivity index (χ3n) is 1.79. The van der Waals surface area contributed by atoms with Gasteiger partial charge in [-0.25, -0.2) is 5.48 Å². The van der Waals surface area contributed by atoms with Gasteiger partial charge in [0.2, 0.25) is 0 Å². The van der Waals surface area contributed by atoms with Crippen molar-refractivity contribution in [1.29, 1.82) is 0 Å². The molecule has 2 N–H and O–H groups in total. The maximum Gasteiger partial charge on any atom is 0.119 e. The van der Waals surface area contributed by atoms with Crippen molar-refractivity contribution in [3.8, 4) is 5.75 Å². The van der Waals surface area contributed by atoms with Crippen LogP contribution in [0.2, 0.25) is 0 Å². The third-order valence-corrected chi connectivity index (χ3v) is 1.79. The standard InChI is InChI=1S/C11H17NO2/c1-9(2)8-14-11-5-3-10(4-6-11)7-12-13/h3-6,9,12-13H,7-8H2,1-2H3. The molecule has 0 aliphatic rings. The van der Waals surface area contributed by atoms with Gasteiger partial charge >= 0.3 is 0 Å². The molecule has 3 heteroatoms. The van der Waals surface area contributed by atoms with Gasteiger partial charge in [0.15, 0.2) is 0 Å². The van der Waals surface area contributed by atoms with Crippen LogP contribution in [0.1, 0.15) is 19.4 Å². The Morgan fingerprint density at radius 2 is 1.93 bits per heavy atom. The molecule has 0 amide bonds. The Kier molecular flexibility index (Phi) is 4.43. The summed E-state index contributed by atoms with van der Waals surface area (Å²) in [5.74, 6) is 1.41. The molecule has 1 aromatic rings. The number of benzene rings is 1. The monoisotopic (exact) mass is 195 g/mol. The Morgan fingerprint density at radius 3 is 2.43 bits per heavy atom. The first-order valence-electron chi connectivity index (χ1n) is 4.81. The average Bonchev–Trinajstić information content (AvgIpc) is 2.17. The second-order valence-corrected chi connectivity index (χ2v) is 3.68. The lowest BCUT2D eigenvalue weighted by atomic mass is 10.2. The van der Waals surface area contributed by atoms with Crippen LogP contribution in [0.15, 0.2) is 24.3 Å². The highest BCUT2D eigenvalue weighted by Crippen LogP contribution is 2.12. The van der Waals surface area contributed by atoms with E-state index >= 15 is 0 Å². The van der Waals surface area contributed by atoms with Gasteiger partial charge in [0.05, 0.1) is 6.61 Å². The lowest BCUT2D eigenvalue weighted by Gasteiger charge is -2.08. The summed E-state index contributed by atoms with van der Waals surface area (Å²) in [5, 5.41) is 8.48. The van der Waals surface area contributed by atoms with E-state index in [1.165, 1.54) is 0 Å². The number of hydroxylamine groups is 1. The number of hydrogen-bond acceptors (Lipinski definition) is 3. The number of hydrogen-bond donors (Lipinski definition) is 2. The summed E-state index contributed by atoms with van der Waals surface area (Å²) in [6.45, 7) is 5.43. The van der Waals surface area contributed by atoms with Gasteiger partial charge in [-0.15, -0.1) is 0 Å². The Balaban J connectivity index is 2.46. The maximum absolute atomic E-state index is 8.48. The predicted octanol–water partition coefficient (Wildman–Crippen LogP) is 2.20. The highest BCUT2D eigenvalue weighted by molar-refractivity contribution is 5.27. The third kappa shape index (κ3) is 3.77. The zero-order valence-corrected chi connectivity index (χ0v) is 8.66. The summed E-state index contributed by atoms with van der Waals surface area (Å²) in [4.78, 5) is 0. The van der Waals surface area contributed by atoms with Crippen molar-refractivity contribution in [3.05, 3.63) is 29.8 Å². The molecule has 0 bridgehead atoms. The van der Waals surface area contributed by atoms with Gasteiger partial charge in [0.1, 0.15) is 5.75 Å². The zero-order chi connectivity index (χ0) is 10.4. The number of nitrogens with one attached hydrogen (secondary N) is 1. The van der Waals surface area contributed by atoms with E-state index in [-0.39, 0.29) is 0 Å². The van der Waals surface area contributed by atoms with Crippen LogP contribution in [-0.2, 0) is 6.54 Å². The molecule has 0 aliphatic heterocycles. The molecule has 0 radical (unpaired) electrons. The lowest BCUT2D eigenvalue weighted by Crippen LogP contribution is -2.06. The van der Waals surface area contributed by atoms with Crippen LogP contribution in [0.3, 0.4) is 0 Å². The summed E-state index contributed by atoms with van der Waals surface area (Å²) in [6.07, 6.45) is 0. The van der Waals surface area contributed by atoms with E-state index in [0.29, 0.717) is 12.5 Å². The van der Waals surface area contributed by atoms with E-state index in [9.17, 15) is 0 Å². The fourth-order valence-corrected chi connectivity index (χ4v) is 1.06. The molecule has 78 valence electrons. The van der Waals surface area contributed by atoms with E-state index in [2.05, 4.69) is 19.3 Å². The van der Waals surface area contributed by atoms with Crippen molar-refractivity contribution >= 4 is 0 Å². The molecular weight excluding hydrogens is 178 g/mol. The van der Waals surface area contributed by atoms with E-state index in [1.807, 2.05) is 24.3 Å². The topological polar surface area (TPSA) is 41.5 Å². The zero-order valence-electron chi connectivity index (χ0n) is 8.66. The van der Waals surface area contributed by atoms with Crippen LogP contribution in [0.25, 0.3) is 0 Å². The summed E-state index contributed by atoms with van der Waals surface area (Å²) >= 11 is 0. The predicted molar refractivity (Wildman–Crippen MR) is 55.4 cm³/mol. The van der Waals surface area contributed by atoms with Crippen LogP contribution in [0.5, 0.6) is 5.75 Å². The van der Waals surface area contributed by atoms with Crippen LogP contribution < -0.4 is 10.2 Å². The normalized spacial score (nSPS) is 10.6. The maximum atomic E-state index is 8.48. The Morgan fingerprint density at radius 1 is 1.29 bits per heavy atom. The largest absolute Gasteiger partial charge is 0.493 e. The summed E-state index contributed by atoms with van der Waals surface area (Å²) in [5.41, 5.74) is 3.14. The number of ether oxygens (including phenoxy) is 1. The molecule has 0 spiro atoms. The Bertz CT molecular complexity index is 256. The van der Waals surface area contributed by atoms with E-state index in [4.69, 9.17) is 9.94 Å². The molecule has 1 rings (SSSR count). The molecule has 1 aromatic carbocycles. The smallest absolute Gasteiger partial charge is 0.119 e. The fraction of sp³-hybridized carbons (Fsp3) is 0.455. The second-order valence-electron chi connectivity index (χ2n) is 3.68. The van der Waals surface area contributed by atoms with Gasteiger partial charge in [-0.1, -0.05) is 26.0 Å². The van der Waals surface area contributed by atoms with Crippen LogP contribution in [0, 0.1) is 5.92 Å². The van der Waals surface area contributed by atoms with Crippen LogP contribution in [-0.4, -0.2) is 11.8 Å². The molecule has 14 heavy (non-hydrogen) atoms. The fourth-order valence-electron chi connectivity index (χ4n) is 1.06. The molecule has 3 nitrogen and oxygen atoms in total. The lowest BCUT2D eigenvalue weighted by molar-refractivity contribution is 0.161. The molecular formula is C11H17NO2. The van der Waals surface area contributed by atoms with Crippen molar-refractivity contribution in [2.45, 2.75) is 20.4 Å². The molecule has 0 atom stereocenters. The highest BCUT2D eigenvalue weighted by atomic mass is 16.5. The van der Waals surface area contributed by atoms with E-state index in [0.717, 1.165) is 17.9 Å². The SMILES string of the molecule is CC(C)COc1ccc(CNO)cc1. The van der Waals surface area contributed by atoms with E-state index in [1.54, 1.807) is 0 Å². The van der Waals surface area contributed by atoms with Crippen molar-refractivity contribution in [2.24, 2.45) is 5.92 Å². The van der Waals surface area contributed by atoms with Gasteiger partial charge in [0.25, 0.3) is 0 Å². The van der Waals surface area contributed by atoms with Crippen molar-refractivity contribution in [1.82, 2.24) is 5.48 Å². The van der Waals surface area contributed by atoms with Crippen molar-refractivity contribution in [2.75, 3.05) is 6.61 Å². The molecule has 0 fully saturated rings. The first-order valence-corrected chi connectivity index (χ1v) is 4.81. The van der Waals surface area contributed by atoms with Gasteiger partial charge in [-0.05, 0) is 23.6 Å². The highest BCUT2D eigenvalue weighted by Gasteiger charge is 1.97. The molecule has 0 aliphatic carbocycles. The van der Waals surface area contributed by atoms with E-state index < -0.39 is 0 Å². The summed E-state index contributed by atoms with van der Waals surface area (Å²) in [7, 11) is 0. The van der Waals surface area contributed by atoms with Crippen molar-refractivity contribution < 1.29 is 9.94 Å². The molecule has 0 heterocycles.